The third-order valence-electron chi connectivity index (χ3n) is 2.28. The molecule has 0 saturated carbocycles. The van der Waals surface area contributed by atoms with Crippen LogP contribution in [0.15, 0.2) is 30.9 Å². The summed E-state index contributed by atoms with van der Waals surface area (Å²) in [4.78, 5) is 3.84. The Kier molecular flexibility index (Phi) is 2.66. The Hall–Kier alpha value is -2.19. The molecule has 0 aliphatic heterocycles. The summed E-state index contributed by atoms with van der Waals surface area (Å²) in [6.45, 7) is 1.67. The van der Waals surface area contributed by atoms with Crippen molar-refractivity contribution in [2.24, 2.45) is 0 Å². The fraction of sp³-hybridized carbons (Fsp3) is 0.182. The molecule has 0 bridgehead atoms. The summed E-state index contributed by atoms with van der Waals surface area (Å²) in [5.41, 5.74) is 1.91. The lowest BCUT2D eigenvalue weighted by Gasteiger charge is -2.11. The highest BCUT2D eigenvalue weighted by Crippen LogP contribution is 2.21. The van der Waals surface area contributed by atoms with Crippen LogP contribution in [-0.4, -0.2) is 19.9 Å². The summed E-state index contributed by atoms with van der Waals surface area (Å²) in [7, 11) is 0. The largest absolute Gasteiger partial charge is 0.389 e. The predicted molar refractivity (Wildman–Crippen MR) is 56.7 cm³/mol. The average Bonchev–Trinajstić information content (AvgIpc) is 2.81. The minimum absolute atomic E-state index is 0.523. The molecular formula is C11H10N4O. The minimum Gasteiger partial charge on any atom is -0.389 e. The molecule has 0 fully saturated rings. The highest BCUT2D eigenvalue weighted by molar-refractivity contribution is 5.47. The van der Waals surface area contributed by atoms with E-state index in [2.05, 4.69) is 16.2 Å². The lowest BCUT2D eigenvalue weighted by atomic mass is 10.1. The zero-order valence-electron chi connectivity index (χ0n) is 8.70. The predicted octanol–water partition coefficient (Wildman–Crippen LogP) is 1.19. The molecule has 2 rings (SSSR count). The first-order valence-electron chi connectivity index (χ1n) is 4.79. The molecule has 16 heavy (non-hydrogen) atoms. The highest BCUT2D eigenvalue weighted by Gasteiger charge is 2.10. The summed E-state index contributed by atoms with van der Waals surface area (Å²) in [5, 5.41) is 22.4. The Balaban J connectivity index is 2.61. The van der Waals surface area contributed by atoms with Crippen LogP contribution < -0.4 is 0 Å². The van der Waals surface area contributed by atoms with Crippen molar-refractivity contribution < 1.29 is 5.11 Å². The van der Waals surface area contributed by atoms with Gasteiger partial charge in [0.2, 0.25) is 0 Å². The third-order valence-corrected chi connectivity index (χ3v) is 2.28. The Morgan fingerprint density at radius 2 is 2.31 bits per heavy atom. The lowest BCUT2D eigenvalue weighted by molar-refractivity contribution is 0.199. The molecule has 1 aromatic carbocycles. The first-order valence-corrected chi connectivity index (χ1v) is 4.79. The minimum atomic E-state index is -0.619. The van der Waals surface area contributed by atoms with Crippen LogP contribution >= 0.6 is 0 Å². The molecule has 0 unspecified atom stereocenters. The maximum atomic E-state index is 9.62. The first kappa shape index (κ1) is 10.3. The second-order valence-electron chi connectivity index (χ2n) is 3.40. The van der Waals surface area contributed by atoms with Gasteiger partial charge in [0, 0.05) is 5.56 Å². The Labute approximate surface area is 92.6 Å². The van der Waals surface area contributed by atoms with Crippen LogP contribution in [0.5, 0.6) is 0 Å². The van der Waals surface area contributed by atoms with Crippen molar-refractivity contribution in [1.82, 2.24) is 14.8 Å². The maximum Gasteiger partial charge on any atom is 0.138 e. The van der Waals surface area contributed by atoms with Gasteiger partial charge in [-0.25, -0.2) is 9.67 Å². The van der Waals surface area contributed by atoms with Crippen molar-refractivity contribution in [2.45, 2.75) is 13.0 Å². The number of nitriles is 1. The van der Waals surface area contributed by atoms with E-state index in [0.29, 0.717) is 16.8 Å². The monoisotopic (exact) mass is 214 g/mol. The molecule has 5 nitrogen and oxygen atoms in total. The van der Waals surface area contributed by atoms with Gasteiger partial charge in [0.05, 0.1) is 23.4 Å². The van der Waals surface area contributed by atoms with Crippen molar-refractivity contribution in [2.75, 3.05) is 0 Å². The molecule has 0 spiro atoms. The van der Waals surface area contributed by atoms with Gasteiger partial charge >= 0.3 is 0 Å². The summed E-state index contributed by atoms with van der Waals surface area (Å²) in [6, 6.07) is 7.12. The zero-order chi connectivity index (χ0) is 11.5. The maximum absolute atomic E-state index is 9.62. The Morgan fingerprint density at radius 3 is 2.88 bits per heavy atom. The Morgan fingerprint density at radius 1 is 1.50 bits per heavy atom. The molecule has 0 aliphatic rings. The van der Waals surface area contributed by atoms with E-state index in [1.807, 2.05) is 0 Å². The molecule has 1 N–H and O–H groups in total. The normalized spacial score (nSPS) is 12.1. The summed E-state index contributed by atoms with van der Waals surface area (Å²) in [5.74, 6) is 0. The van der Waals surface area contributed by atoms with Gasteiger partial charge in [-0.2, -0.15) is 10.4 Å². The van der Waals surface area contributed by atoms with Crippen LogP contribution in [-0.2, 0) is 0 Å². The number of benzene rings is 1. The quantitative estimate of drug-likeness (QED) is 0.814. The first-order chi connectivity index (χ1) is 7.72. The molecule has 0 aliphatic carbocycles. The average molecular weight is 214 g/mol. The zero-order valence-corrected chi connectivity index (χ0v) is 8.70. The molecule has 5 heteroatoms. The third kappa shape index (κ3) is 1.78. The Bertz CT molecular complexity index is 525. The van der Waals surface area contributed by atoms with E-state index in [1.54, 1.807) is 25.1 Å². The van der Waals surface area contributed by atoms with E-state index >= 15 is 0 Å². The van der Waals surface area contributed by atoms with Crippen LogP contribution in [0.4, 0.5) is 0 Å². The van der Waals surface area contributed by atoms with Crippen LogP contribution in [0, 0.1) is 11.3 Å². The number of nitrogens with zero attached hydrogens (tertiary/aromatic N) is 4. The van der Waals surface area contributed by atoms with Gasteiger partial charge in [-0.15, -0.1) is 0 Å². The number of aliphatic hydroxyl groups is 1. The molecule has 0 saturated heterocycles. The van der Waals surface area contributed by atoms with E-state index in [4.69, 9.17) is 5.26 Å². The number of hydrogen-bond acceptors (Lipinski definition) is 4. The molecule has 0 amide bonds. The molecule has 1 atom stereocenters. The highest BCUT2D eigenvalue weighted by atomic mass is 16.3. The number of aromatic nitrogens is 3. The van der Waals surface area contributed by atoms with Gasteiger partial charge in [0.1, 0.15) is 12.7 Å². The number of rotatable bonds is 2. The number of hydrogen-bond donors (Lipinski definition) is 1. The van der Waals surface area contributed by atoms with E-state index in [9.17, 15) is 5.11 Å². The van der Waals surface area contributed by atoms with Crippen molar-refractivity contribution in [3.63, 3.8) is 0 Å². The van der Waals surface area contributed by atoms with Crippen LogP contribution in [0.3, 0.4) is 0 Å². The van der Waals surface area contributed by atoms with Crippen molar-refractivity contribution in [3.8, 4) is 11.8 Å². The van der Waals surface area contributed by atoms with E-state index in [-0.39, 0.29) is 0 Å². The number of aliphatic hydroxyl groups excluding tert-OH is 1. The second-order valence-corrected chi connectivity index (χ2v) is 3.40. The molecule has 1 heterocycles. The molecule has 2 aromatic rings. The van der Waals surface area contributed by atoms with Gasteiger partial charge in [-0.3, -0.25) is 0 Å². The fourth-order valence-electron chi connectivity index (χ4n) is 1.50. The van der Waals surface area contributed by atoms with Crippen molar-refractivity contribution in [1.29, 1.82) is 5.26 Å². The van der Waals surface area contributed by atoms with E-state index in [0.717, 1.165) is 0 Å². The van der Waals surface area contributed by atoms with Gasteiger partial charge < -0.3 is 5.11 Å². The SMILES string of the molecule is C[C@H](O)c1ccc(C#N)cc1-n1cncn1. The smallest absolute Gasteiger partial charge is 0.138 e. The lowest BCUT2D eigenvalue weighted by Crippen LogP contribution is -2.03. The van der Waals surface area contributed by atoms with Gasteiger partial charge in [-0.1, -0.05) is 6.07 Å². The van der Waals surface area contributed by atoms with Gasteiger partial charge in [-0.05, 0) is 19.1 Å². The van der Waals surface area contributed by atoms with Crippen LogP contribution in [0.25, 0.3) is 5.69 Å². The summed E-state index contributed by atoms with van der Waals surface area (Å²) >= 11 is 0. The molecule has 1 aromatic heterocycles. The second kappa shape index (κ2) is 4.13. The molecule has 0 radical (unpaired) electrons. The van der Waals surface area contributed by atoms with E-state index < -0.39 is 6.10 Å². The van der Waals surface area contributed by atoms with Crippen molar-refractivity contribution in [3.05, 3.63) is 42.0 Å². The van der Waals surface area contributed by atoms with Gasteiger partial charge in [0.15, 0.2) is 0 Å². The van der Waals surface area contributed by atoms with E-state index in [1.165, 1.54) is 17.3 Å². The van der Waals surface area contributed by atoms with Gasteiger partial charge in [0.25, 0.3) is 0 Å². The van der Waals surface area contributed by atoms with Crippen LogP contribution in [0.1, 0.15) is 24.2 Å². The topological polar surface area (TPSA) is 74.7 Å². The standard InChI is InChI=1S/C11H10N4O/c1-8(16)10-3-2-9(5-12)4-11(10)15-7-13-6-14-15/h2-4,6-8,16H,1H3/t8-/m0/s1. The van der Waals surface area contributed by atoms with Crippen LogP contribution in [0.2, 0.25) is 0 Å². The van der Waals surface area contributed by atoms with Crippen molar-refractivity contribution >= 4 is 0 Å². The summed E-state index contributed by atoms with van der Waals surface area (Å²) in [6.07, 6.45) is 2.32. The molecular weight excluding hydrogens is 204 g/mol. The summed E-state index contributed by atoms with van der Waals surface area (Å²) < 4.78 is 1.53. The fourth-order valence-corrected chi connectivity index (χ4v) is 1.50. The molecule has 80 valence electrons.